The topological polar surface area (TPSA) is 15.8 Å². The van der Waals surface area contributed by atoms with E-state index in [1.165, 1.54) is 41.3 Å². The predicted octanol–water partition coefficient (Wildman–Crippen LogP) is 4.94. The maximum atomic E-state index is 3.33. The zero-order valence-electron chi connectivity index (χ0n) is 11.7. The number of hydrogen-bond donors (Lipinski definition) is 1. The molecule has 0 spiro atoms. The third kappa shape index (κ3) is 3.11. The summed E-state index contributed by atoms with van der Waals surface area (Å²) in [6.07, 6.45) is 9.17. The molecule has 3 aromatic rings. The van der Waals surface area contributed by atoms with Crippen LogP contribution in [0.15, 0.2) is 60.8 Å². The van der Waals surface area contributed by atoms with E-state index in [0.29, 0.717) is 0 Å². The van der Waals surface area contributed by atoms with Gasteiger partial charge in [-0.15, -0.1) is 0 Å². The minimum Gasteiger partial charge on any atom is -0.361 e. The fourth-order valence-electron chi connectivity index (χ4n) is 2.65. The number of hydrogen-bond acceptors (Lipinski definition) is 0. The van der Waals surface area contributed by atoms with E-state index in [4.69, 9.17) is 0 Å². The van der Waals surface area contributed by atoms with Gasteiger partial charge in [0.15, 0.2) is 0 Å². The fraction of sp³-hybridized carbons (Fsp3) is 0.211. The normalized spacial score (nSPS) is 11.0. The number of aromatic amines is 1. The number of unbranched alkanes of at least 4 members (excludes halogenated alkanes) is 2. The molecule has 1 aromatic heterocycles. The number of rotatable bonds is 6. The third-order valence-electron chi connectivity index (χ3n) is 3.76. The highest BCUT2D eigenvalue weighted by Crippen LogP contribution is 2.19. The summed E-state index contributed by atoms with van der Waals surface area (Å²) in [4.78, 5) is 3.33. The molecular formula is C19H20N. The van der Waals surface area contributed by atoms with E-state index < -0.39 is 0 Å². The molecule has 1 nitrogen and oxygen atoms in total. The molecule has 0 fully saturated rings. The SMILES string of the molecule is [CH](CCCc1ccccc1)Cc1c[nH]c2ccccc12. The molecule has 0 aliphatic heterocycles. The molecule has 0 bridgehead atoms. The Kier molecular flexibility index (Phi) is 4.17. The van der Waals surface area contributed by atoms with Gasteiger partial charge in [-0.05, 0) is 49.3 Å². The van der Waals surface area contributed by atoms with Gasteiger partial charge in [-0.25, -0.2) is 0 Å². The number of para-hydroxylation sites is 1. The van der Waals surface area contributed by atoms with Crippen LogP contribution in [0.1, 0.15) is 24.0 Å². The average molecular weight is 262 g/mol. The lowest BCUT2D eigenvalue weighted by Crippen LogP contribution is -1.88. The first-order chi connectivity index (χ1) is 9.93. The second-order valence-electron chi connectivity index (χ2n) is 5.23. The van der Waals surface area contributed by atoms with Gasteiger partial charge >= 0.3 is 0 Å². The monoisotopic (exact) mass is 262 g/mol. The van der Waals surface area contributed by atoms with Crippen molar-refractivity contribution in [2.24, 2.45) is 0 Å². The first-order valence-electron chi connectivity index (χ1n) is 7.34. The Hall–Kier alpha value is -2.02. The summed E-state index contributed by atoms with van der Waals surface area (Å²) in [5.74, 6) is 0. The van der Waals surface area contributed by atoms with Crippen LogP contribution in [0.2, 0.25) is 0 Å². The van der Waals surface area contributed by atoms with E-state index in [0.717, 1.165) is 6.42 Å². The van der Waals surface area contributed by atoms with Gasteiger partial charge in [-0.2, -0.15) is 0 Å². The molecule has 0 saturated heterocycles. The van der Waals surface area contributed by atoms with E-state index in [1.807, 2.05) is 0 Å². The van der Waals surface area contributed by atoms with Crippen LogP contribution in [0.4, 0.5) is 0 Å². The summed E-state index contributed by atoms with van der Waals surface area (Å²) in [6.45, 7) is 0. The number of fused-ring (bicyclic) bond motifs is 1. The highest BCUT2D eigenvalue weighted by Gasteiger charge is 2.02. The van der Waals surface area contributed by atoms with E-state index in [-0.39, 0.29) is 0 Å². The third-order valence-corrected chi connectivity index (χ3v) is 3.76. The standard InChI is InChI=1S/C19H20N/c1-3-9-16(10-4-1)11-5-2-6-12-17-15-20-19-14-8-7-13-18(17)19/h1,3-4,6-10,13-15,20H,2,5,11-12H2. The van der Waals surface area contributed by atoms with Crippen molar-refractivity contribution >= 4 is 10.9 Å². The highest BCUT2D eigenvalue weighted by atomic mass is 14.7. The van der Waals surface area contributed by atoms with Gasteiger partial charge in [0.25, 0.3) is 0 Å². The highest BCUT2D eigenvalue weighted by molar-refractivity contribution is 5.83. The van der Waals surface area contributed by atoms with Gasteiger partial charge < -0.3 is 4.98 Å². The molecule has 1 N–H and O–H groups in total. The molecule has 20 heavy (non-hydrogen) atoms. The van der Waals surface area contributed by atoms with E-state index in [2.05, 4.69) is 72.2 Å². The number of H-pyrrole nitrogens is 1. The smallest absolute Gasteiger partial charge is 0.0456 e. The molecule has 1 radical (unpaired) electrons. The first-order valence-corrected chi connectivity index (χ1v) is 7.34. The van der Waals surface area contributed by atoms with Gasteiger partial charge in [0.05, 0.1) is 0 Å². The maximum Gasteiger partial charge on any atom is 0.0456 e. The van der Waals surface area contributed by atoms with Gasteiger partial charge in [0, 0.05) is 17.1 Å². The van der Waals surface area contributed by atoms with Crippen molar-refractivity contribution in [3.8, 4) is 0 Å². The van der Waals surface area contributed by atoms with Crippen molar-refractivity contribution < 1.29 is 0 Å². The largest absolute Gasteiger partial charge is 0.361 e. The van der Waals surface area contributed by atoms with Crippen LogP contribution in [0.5, 0.6) is 0 Å². The van der Waals surface area contributed by atoms with Crippen molar-refractivity contribution in [1.29, 1.82) is 0 Å². The zero-order chi connectivity index (χ0) is 13.6. The Bertz CT molecular complexity index is 652. The van der Waals surface area contributed by atoms with Crippen LogP contribution in [0.25, 0.3) is 10.9 Å². The molecular weight excluding hydrogens is 242 g/mol. The molecule has 1 heteroatoms. The molecule has 0 unspecified atom stereocenters. The molecule has 2 aromatic carbocycles. The molecule has 3 rings (SSSR count). The Labute approximate surface area is 120 Å². The molecule has 1 heterocycles. The van der Waals surface area contributed by atoms with Crippen molar-refractivity contribution in [3.05, 3.63) is 78.3 Å². The lowest BCUT2D eigenvalue weighted by molar-refractivity contribution is 0.789. The summed E-state index contributed by atoms with van der Waals surface area (Å²) in [5, 5.41) is 1.35. The van der Waals surface area contributed by atoms with Crippen molar-refractivity contribution in [1.82, 2.24) is 4.98 Å². The quantitative estimate of drug-likeness (QED) is 0.606. The van der Waals surface area contributed by atoms with E-state index in [9.17, 15) is 0 Å². The maximum absolute atomic E-state index is 3.33. The number of aromatic nitrogens is 1. The second-order valence-corrected chi connectivity index (χ2v) is 5.23. The Morgan fingerprint density at radius 2 is 1.70 bits per heavy atom. The summed E-state index contributed by atoms with van der Waals surface area (Å²) in [6, 6.07) is 19.2. The molecule has 101 valence electrons. The van der Waals surface area contributed by atoms with Gasteiger partial charge in [-0.3, -0.25) is 0 Å². The minimum absolute atomic E-state index is 1.05. The molecule has 0 aliphatic carbocycles. The Morgan fingerprint density at radius 3 is 2.60 bits per heavy atom. The second kappa shape index (κ2) is 6.42. The molecule has 0 atom stereocenters. The number of benzene rings is 2. The predicted molar refractivity (Wildman–Crippen MR) is 85.7 cm³/mol. The van der Waals surface area contributed by atoms with Crippen LogP contribution in [-0.2, 0) is 12.8 Å². The summed E-state index contributed by atoms with van der Waals surface area (Å²) >= 11 is 0. The van der Waals surface area contributed by atoms with Gasteiger partial charge in [-0.1, -0.05) is 48.5 Å². The molecule has 0 saturated carbocycles. The summed E-state index contributed by atoms with van der Waals surface area (Å²) < 4.78 is 0. The fourth-order valence-corrected chi connectivity index (χ4v) is 2.65. The van der Waals surface area contributed by atoms with Crippen LogP contribution in [0.3, 0.4) is 0 Å². The van der Waals surface area contributed by atoms with E-state index >= 15 is 0 Å². The van der Waals surface area contributed by atoms with Gasteiger partial charge in [0.2, 0.25) is 0 Å². The molecule has 0 amide bonds. The van der Waals surface area contributed by atoms with Crippen molar-refractivity contribution in [2.45, 2.75) is 25.7 Å². The number of aryl methyl sites for hydroxylation is 1. The summed E-state index contributed by atoms with van der Waals surface area (Å²) in [5.41, 5.74) is 4.08. The van der Waals surface area contributed by atoms with E-state index in [1.54, 1.807) is 0 Å². The number of nitrogens with one attached hydrogen (secondary N) is 1. The lowest BCUT2D eigenvalue weighted by Gasteiger charge is -2.02. The summed E-state index contributed by atoms with van der Waals surface area (Å²) in [7, 11) is 0. The average Bonchev–Trinajstić information content (AvgIpc) is 2.91. The first kappa shape index (κ1) is 13.0. The zero-order valence-corrected chi connectivity index (χ0v) is 11.7. The van der Waals surface area contributed by atoms with Gasteiger partial charge in [0.1, 0.15) is 0 Å². The minimum atomic E-state index is 1.05. The van der Waals surface area contributed by atoms with Crippen LogP contribution in [0, 0.1) is 6.42 Å². The van der Waals surface area contributed by atoms with Crippen molar-refractivity contribution in [2.75, 3.05) is 0 Å². The Balaban J connectivity index is 1.46. The van der Waals surface area contributed by atoms with Crippen LogP contribution in [-0.4, -0.2) is 4.98 Å². The van der Waals surface area contributed by atoms with Crippen LogP contribution < -0.4 is 0 Å². The molecule has 0 aliphatic rings. The Morgan fingerprint density at radius 1 is 0.900 bits per heavy atom. The lowest BCUT2D eigenvalue weighted by atomic mass is 10.0. The van der Waals surface area contributed by atoms with Crippen LogP contribution >= 0.6 is 0 Å². The van der Waals surface area contributed by atoms with Crippen molar-refractivity contribution in [3.63, 3.8) is 0 Å².